The maximum absolute atomic E-state index is 9.93. The lowest BCUT2D eigenvalue weighted by Crippen LogP contribution is -2.25. The van der Waals surface area contributed by atoms with Crippen LogP contribution in [0.25, 0.3) is 11.2 Å². The minimum absolute atomic E-state index is 0.0459. The fourth-order valence-corrected chi connectivity index (χ4v) is 3.10. The number of hydrogen-bond donors (Lipinski definition) is 2. The average molecular weight is 371 g/mol. The van der Waals surface area contributed by atoms with Crippen LogP contribution in [0, 0.1) is 0 Å². The van der Waals surface area contributed by atoms with E-state index in [-0.39, 0.29) is 12.6 Å². The van der Waals surface area contributed by atoms with Crippen molar-refractivity contribution >= 4 is 17.0 Å². The van der Waals surface area contributed by atoms with Gasteiger partial charge in [-0.15, -0.1) is 0 Å². The summed E-state index contributed by atoms with van der Waals surface area (Å²) < 4.78 is 6.91. The van der Waals surface area contributed by atoms with Gasteiger partial charge in [-0.1, -0.05) is 12.1 Å². The Bertz CT molecular complexity index is 894. The third-order valence-electron chi connectivity index (χ3n) is 4.95. The number of rotatable bonds is 7. The Morgan fingerprint density at radius 2 is 1.85 bits per heavy atom. The van der Waals surface area contributed by atoms with E-state index in [0.717, 1.165) is 11.3 Å². The molecule has 0 aliphatic heterocycles. The van der Waals surface area contributed by atoms with E-state index in [2.05, 4.69) is 21.9 Å². The number of ether oxygens (including phenoxy) is 1. The molecule has 3 atom stereocenters. The molecule has 0 aliphatic rings. The Kier molecular flexibility index (Phi) is 5.57. The fraction of sp³-hybridized carbons (Fsp3) is 0.421. The van der Waals surface area contributed by atoms with Gasteiger partial charge in [0, 0.05) is 7.05 Å². The zero-order valence-electron chi connectivity index (χ0n) is 15.9. The van der Waals surface area contributed by atoms with Crippen molar-refractivity contribution in [3.63, 3.8) is 0 Å². The van der Waals surface area contributed by atoms with Crippen molar-refractivity contribution in [2.24, 2.45) is 0 Å². The molecule has 2 N–H and O–H groups in total. The van der Waals surface area contributed by atoms with E-state index in [0.29, 0.717) is 17.0 Å². The van der Waals surface area contributed by atoms with Crippen molar-refractivity contribution < 1.29 is 14.9 Å². The van der Waals surface area contributed by atoms with E-state index in [9.17, 15) is 10.2 Å². The molecule has 1 unspecified atom stereocenters. The number of aromatic nitrogens is 4. The fourth-order valence-electron chi connectivity index (χ4n) is 3.10. The van der Waals surface area contributed by atoms with Crippen LogP contribution in [-0.2, 0) is 0 Å². The van der Waals surface area contributed by atoms with Gasteiger partial charge in [0.25, 0.3) is 0 Å². The highest BCUT2D eigenvalue weighted by molar-refractivity contribution is 5.83. The highest BCUT2D eigenvalue weighted by atomic mass is 16.5. The van der Waals surface area contributed by atoms with Crippen LogP contribution >= 0.6 is 0 Å². The van der Waals surface area contributed by atoms with Gasteiger partial charge >= 0.3 is 0 Å². The van der Waals surface area contributed by atoms with Crippen LogP contribution in [0.4, 0.5) is 5.82 Å². The Morgan fingerprint density at radius 1 is 1.15 bits per heavy atom. The summed E-state index contributed by atoms with van der Waals surface area (Å²) in [6.45, 7) is 3.51. The molecular weight excluding hydrogens is 346 g/mol. The monoisotopic (exact) mass is 371 g/mol. The molecule has 8 heteroatoms. The predicted octanol–water partition coefficient (Wildman–Crippen LogP) is 1.95. The summed E-state index contributed by atoms with van der Waals surface area (Å²) in [5.41, 5.74) is 2.31. The summed E-state index contributed by atoms with van der Waals surface area (Å²) in [7, 11) is 3.60. The molecule has 0 aliphatic carbocycles. The van der Waals surface area contributed by atoms with Crippen molar-refractivity contribution in [2.45, 2.75) is 32.0 Å². The first-order valence-electron chi connectivity index (χ1n) is 8.81. The second kappa shape index (κ2) is 7.89. The summed E-state index contributed by atoms with van der Waals surface area (Å²) in [6, 6.07) is 7.43. The number of fused-ring (bicyclic) bond motifs is 1. The number of aliphatic hydroxyl groups is 2. The minimum atomic E-state index is -0.734. The van der Waals surface area contributed by atoms with Gasteiger partial charge in [0.2, 0.25) is 0 Å². The molecule has 0 amide bonds. The smallest absolute Gasteiger partial charge is 0.165 e. The third-order valence-corrected chi connectivity index (χ3v) is 4.95. The summed E-state index contributed by atoms with van der Waals surface area (Å²) in [5, 5.41) is 19.5. The van der Waals surface area contributed by atoms with E-state index in [1.807, 2.05) is 36.2 Å². The normalized spacial score (nSPS) is 14.7. The second-order valence-corrected chi connectivity index (χ2v) is 6.57. The topological polar surface area (TPSA) is 96.5 Å². The number of methoxy groups -OCH3 is 1. The average Bonchev–Trinajstić information content (AvgIpc) is 3.11. The molecular formula is C19H25N5O3. The lowest BCUT2D eigenvalue weighted by Gasteiger charge is -2.26. The number of hydrogen-bond acceptors (Lipinski definition) is 7. The first kappa shape index (κ1) is 19.1. The maximum Gasteiger partial charge on any atom is 0.165 e. The van der Waals surface area contributed by atoms with Crippen molar-refractivity contribution in [1.29, 1.82) is 0 Å². The Balaban J connectivity index is 1.97. The minimum Gasteiger partial charge on any atom is -0.497 e. The van der Waals surface area contributed by atoms with Gasteiger partial charge < -0.3 is 24.4 Å². The van der Waals surface area contributed by atoms with Crippen LogP contribution in [-0.4, -0.2) is 56.6 Å². The molecule has 3 aromatic rings. The standard InChI is InChI=1S/C19H25N5O3/c1-12(14-5-7-15(27-4)8-6-14)23(3)18-17-19(21-10-20-18)24(11-22-17)16(9-25)13(2)26/h5-8,10-13,16,25-26H,9H2,1-4H3/t12?,13-,16-/m1/s1. The van der Waals surface area contributed by atoms with Crippen LogP contribution in [0.1, 0.15) is 31.5 Å². The van der Waals surface area contributed by atoms with Crippen LogP contribution in [0.3, 0.4) is 0 Å². The zero-order chi connectivity index (χ0) is 19.6. The van der Waals surface area contributed by atoms with Crippen LogP contribution in [0.15, 0.2) is 36.9 Å². The maximum atomic E-state index is 9.93. The summed E-state index contributed by atoms with van der Waals surface area (Å²) >= 11 is 0. The molecule has 0 saturated heterocycles. The largest absolute Gasteiger partial charge is 0.497 e. The molecule has 2 heterocycles. The van der Waals surface area contributed by atoms with E-state index in [4.69, 9.17) is 4.74 Å². The van der Waals surface area contributed by atoms with E-state index >= 15 is 0 Å². The van der Waals surface area contributed by atoms with Crippen LogP contribution in [0.5, 0.6) is 5.75 Å². The van der Waals surface area contributed by atoms with Crippen LogP contribution in [0.2, 0.25) is 0 Å². The van der Waals surface area contributed by atoms with E-state index in [1.165, 1.54) is 6.33 Å². The molecule has 0 bridgehead atoms. The number of anilines is 1. The van der Waals surface area contributed by atoms with Gasteiger partial charge in [-0.2, -0.15) is 0 Å². The summed E-state index contributed by atoms with van der Waals surface area (Å²) in [4.78, 5) is 15.2. The highest BCUT2D eigenvalue weighted by Crippen LogP contribution is 2.30. The van der Waals surface area contributed by atoms with Gasteiger partial charge in [0.15, 0.2) is 17.0 Å². The Labute approximate surface area is 158 Å². The molecule has 0 fully saturated rings. The lowest BCUT2D eigenvalue weighted by molar-refractivity contribution is 0.0885. The quantitative estimate of drug-likeness (QED) is 0.655. The van der Waals surface area contributed by atoms with Crippen molar-refractivity contribution in [3.8, 4) is 5.75 Å². The molecule has 1 aromatic carbocycles. The zero-order valence-corrected chi connectivity index (χ0v) is 15.9. The van der Waals surface area contributed by atoms with E-state index in [1.54, 1.807) is 24.9 Å². The lowest BCUT2D eigenvalue weighted by atomic mass is 10.1. The second-order valence-electron chi connectivity index (χ2n) is 6.57. The number of aliphatic hydroxyl groups excluding tert-OH is 2. The molecule has 3 rings (SSSR count). The Hall–Kier alpha value is -2.71. The van der Waals surface area contributed by atoms with E-state index < -0.39 is 12.1 Å². The molecule has 0 radical (unpaired) electrons. The van der Waals surface area contributed by atoms with Crippen molar-refractivity contribution in [1.82, 2.24) is 19.5 Å². The van der Waals surface area contributed by atoms with Gasteiger partial charge in [-0.3, -0.25) is 0 Å². The molecule has 0 spiro atoms. The number of nitrogens with zero attached hydrogens (tertiary/aromatic N) is 5. The van der Waals surface area contributed by atoms with Gasteiger partial charge in [0.1, 0.15) is 12.1 Å². The predicted molar refractivity (Wildman–Crippen MR) is 103 cm³/mol. The number of benzene rings is 1. The number of imidazole rings is 1. The molecule has 0 saturated carbocycles. The highest BCUT2D eigenvalue weighted by Gasteiger charge is 2.23. The van der Waals surface area contributed by atoms with Gasteiger partial charge in [-0.05, 0) is 31.5 Å². The molecule has 2 aromatic heterocycles. The third kappa shape index (κ3) is 3.58. The first-order chi connectivity index (χ1) is 13.0. The SMILES string of the molecule is COc1ccc(C(C)N(C)c2ncnc3c2ncn3[C@H](CO)[C@@H](C)O)cc1. The summed E-state index contributed by atoms with van der Waals surface area (Å²) in [6.07, 6.45) is 2.33. The van der Waals surface area contributed by atoms with Gasteiger partial charge in [0.05, 0.1) is 38.2 Å². The van der Waals surface area contributed by atoms with Crippen molar-refractivity contribution in [3.05, 3.63) is 42.5 Å². The Morgan fingerprint density at radius 3 is 2.44 bits per heavy atom. The van der Waals surface area contributed by atoms with Crippen molar-refractivity contribution in [2.75, 3.05) is 25.7 Å². The molecule has 27 heavy (non-hydrogen) atoms. The first-order valence-corrected chi connectivity index (χ1v) is 8.81. The van der Waals surface area contributed by atoms with Gasteiger partial charge in [-0.25, -0.2) is 15.0 Å². The molecule has 144 valence electrons. The van der Waals surface area contributed by atoms with Crippen LogP contribution < -0.4 is 9.64 Å². The molecule has 8 nitrogen and oxygen atoms in total. The summed E-state index contributed by atoms with van der Waals surface area (Å²) in [5.74, 6) is 1.49.